The summed E-state index contributed by atoms with van der Waals surface area (Å²) in [6.07, 6.45) is -0.655. The van der Waals surface area contributed by atoms with E-state index in [4.69, 9.17) is 19.9 Å². The average Bonchev–Trinajstić information content (AvgIpc) is 2.42. The second-order valence-electron chi connectivity index (χ2n) is 4.32. The van der Waals surface area contributed by atoms with E-state index < -0.39 is 6.10 Å². The molecule has 0 saturated heterocycles. The van der Waals surface area contributed by atoms with E-state index in [2.05, 4.69) is 0 Å². The molecule has 1 rings (SSSR count). The van der Waals surface area contributed by atoms with Crippen molar-refractivity contribution in [1.82, 2.24) is 0 Å². The Morgan fingerprint density at radius 1 is 1.26 bits per heavy atom. The number of rotatable bonds is 8. The number of hydrogen-bond acceptors (Lipinski definition) is 5. The fourth-order valence-corrected chi connectivity index (χ4v) is 1.57. The number of methoxy groups -OCH3 is 1. The molecule has 2 atom stereocenters. The largest absolute Gasteiger partial charge is 0.493 e. The van der Waals surface area contributed by atoms with Gasteiger partial charge in [-0.25, -0.2) is 0 Å². The topological polar surface area (TPSA) is 73.9 Å². The minimum absolute atomic E-state index is 0.0634. The van der Waals surface area contributed by atoms with Crippen LogP contribution in [-0.4, -0.2) is 38.1 Å². The lowest BCUT2D eigenvalue weighted by Crippen LogP contribution is -2.23. The van der Waals surface area contributed by atoms with Crippen LogP contribution in [0.15, 0.2) is 18.2 Å². The van der Waals surface area contributed by atoms with Crippen LogP contribution in [-0.2, 0) is 4.74 Å². The summed E-state index contributed by atoms with van der Waals surface area (Å²) < 4.78 is 15.9. The van der Waals surface area contributed by atoms with E-state index in [1.54, 1.807) is 13.2 Å². The quantitative estimate of drug-likeness (QED) is 0.748. The Balaban J connectivity index is 2.62. The molecule has 0 saturated carbocycles. The van der Waals surface area contributed by atoms with Crippen molar-refractivity contribution in [2.45, 2.75) is 26.0 Å². The molecule has 0 amide bonds. The van der Waals surface area contributed by atoms with Gasteiger partial charge in [-0.2, -0.15) is 0 Å². The van der Waals surface area contributed by atoms with Gasteiger partial charge < -0.3 is 25.1 Å². The van der Waals surface area contributed by atoms with Crippen molar-refractivity contribution in [2.75, 3.05) is 26.9 Å². The van der Waals surface area contributed by atoms with Crippen molar-refractivity contribution < 1.29 is 19.3 Å². The lowest BCUT2D eigenvalue weighted by atomic mass is 10.1. The van der Waals surface area contributed by atoms with E-state index in [1.165, 1.54) is 0 Å². The Bertz CT molecular complexity index is 382. The number of aliphatic hydroxyl groups excluding tert-OH is 1. The molecule has 3 N–H and O–H groups in total. The summed E-state index contributed by atoms with van der Waals surface area (Å²) in [6.45, 7) is 4.78. The summed E-state index contributed by atoms with van der Waals surface area (Å²) in [6, 6.07) is 5.46. The first-order chi connectivity index (χ1) is 9.08. The lowest BCUT2D eigenvalue weighted by Gasteiger charge is -2.16. The Labute approximate surface area is 114 Å². The Morgan fingerprint density at radius 2 is 2.00 bits per heavy atom. The van der Waals surface area contributed by atoms with Crippen LogP contribution in [0.1, 0.15) is 25.5 Å². The number of nitrogens with two attached hydrogens (primary N) is 1. The van der Waals surface area contributed by atoms with E-state index >= 15 is 0 Å². The van der Waals surface area contributed by atoms with E-state index in [0.717, 1.165) is 5.56 Å². The summed E-state index contributed by atoms with van der Waals surface area (Å²) in [4.78, 5) is 0. The van der Waals surface area contributed by atoms with Gasteiger partial charge in [-0.1, -0.05) is 6.07 Å². The van der Waals surface area contributed by atoms with Crippen molar-refractivity contribution in [3.8, 4) is 11.5 Å². The second-order valence-corrected chi connectivity index (χ2v) is 4.32. The van der Waals surface area contributed by atoms with Crippen LogP contribution in [0.25, 0.3) is 0 Å². The molecule has 108 valence electrons. The Morgan fingerprint density at radius 3 is 2.58 bits per heavy atom. The first kappa shape index (κ1) is 15.8. The van der Waals surface area contributed by atoms with Crippen LogP contribution in [0.2, 0.25) is 0 Å². The Kier molecular flexibility index (Phi) is 6.62. The van der Waals surface area contributed by atoms with Crippen molar-refractivity contribution in [3.05, 3.63) is 23.8 Å². The van der Waals surface area contributed by atoms with Crippen molar-refractivity contribution in [2.24, 2.45) is 5.73 Å². The minimum Gasteiger partial charge on any atom is -0.493 e. The summed E-state index contributed by atoms with van der Waals surface area (Å²) in [5.74, 6) is 1.20. The Hall–Kier alpha value is -1.30. The molecule has 19 heavy (non-hydrogen) atoms. The van der Waals surface area contributed by atoms with Gasteiger partial charge in [0.25, 0.3) is 0 Å². The third-order valence-electron chi connectivity index (χ3n) is 2.66. The molecule has 0 aromatic heterocycles. The molecular formula is C14H23NO4. The number of benzene rings is 1. The van der Waals surface area contributed by atoms with Crippen molar-refractivity contribution in [1.29, 1.82) is 0 Å². The molecule has 5 nitrogen and oxygen atoms in total. The van der Waals surface area contributed by atoms with Crippen molar-refractivity contribution >= 4 is 0 Å². The van der Waals surface area contributed by atoms with E-state index in [-0.39, 0.29) is 19.3 Å². The fraction of sp³-hybridized carbons (Fsp3) is 0.571. The van der Waals surface area contributed by atoms with Gasteiger partial charge in [-0.15, -0.1) is 0 Å². The van der Waals surface area contributed by atoms with E-state index in [9.17, 15) is 5.11 Å². The van der Waals surface area contributed by atoms with Crippen molar-refractivity contribution in [3.63, 3.8) is 0 Å². The molecule has 0 bridgehead atoms. The van der Waals surface area contributed by atoms with Gasteiger partial charge in [-0.05, 0) is 31.5 Å². The molecule has 1 aromatic rings. The maximum Gasteiger partial charge on any atom is 0.161 e. The standard InChI is InChI=1S/C14H23NO4/c1-4-18-8-12(16)9-19-13-6-5-11(10(2)15)7-14(13)17-3/h5-7,10,12,16H,4,8-9,15H2,1-3H3. The summed E-state index contributed by atoms with van der Waals surface area (Å²) in [5.41, 5.74) is 6.78. The van der Waals surface area contributed by atoms with Crippen LogP contribution in [0, 0.1) is 0 Å². The van der Waals surface area contributed by atoms with Gasteiger partial charge in [0, 0.05) is 12.6 Å². The molecule has 1 aromatic carbocycles. The summed E-state index contributed by atoms with van der Waals surface area (Å²) >= 11 is 0. The second kappa shape index (κ2) is 7.99. The summed E-state index contributed by atoms with van der Waals surface area (Å²) in [5, 5.41) is 9.64. The highest BCUT2D eigenvalue weighted by molar-refractivity contribution is 5.43. The molecule has 2 unspecified atom stereocenters. The average molecular weight is 269 g/mol. The van der Waals surface area contributed by atoms with Crippen LogP contribution in [0.4, 0.5) is 0 Å². The van der Waals surface area contributed by atoms with Gasteiger partial charge in [0.15, 0.2) is 11.5 Å². The van der Waals surface area contributed by atoms with Crippen LogP contribution in [0.5, 0.6) is 11.5 Å². The zero-order valence-corrected chi connectivity index (χ0v) is 11.8. The zero-order chi connectivity index (χ0) is 14.3. The third kappa shape index (κ3) is 5.06. The SMILES string of the molecule is CCOCC(O)COc1ccc(C(C)N)cc1OC. The van der Waals surface area contributed by atoms with E-state index in [1.807, 2.05) is 26.0 Å². The van der Waals surface area contributed by atoms with Crippen LogP contribution >= 0.6 is 0 Å². The highest BCUT2D eigenvalue weighted by Crippen LogP contribution is 2.29. The molecule has 0 spiro atoms. The van der Waals surface area contributed by atoms with Crippen LogP contribution < -0.4 is 15.2 Å². The predicted octanol–water partition coefficient (Wildman–Crippen LogP) is 1.49. The zero-order valence-electron chi connectivity index (χ0n) is 11.8. The maximum absolute atomic E-state index is 9.64. The van der Waals surface area contributed by atoms with Crippen LogP contribution in [0.3, 0.4) is 0 Å². The van der Waals surface area contributed by atoms with Gasteiger partial charge in [0.05, 0.1) is 13.7 Å². The first-order valence-corrected chi connectivity index (χ1v) is 6.40. The lowest BCUT2D eigenvalue weighted by molar-refractivity contribution is 0.0159. The molecule has 0 heterocycles. The molecule has 0 aliphatic heterocycles. The number of hydrogen-bond donors (Lipinski definition) is 2. The molecule has 0 aliphatic carbocycles. The van der Waals surface area contributed by atoms with Gasteiger partial charge in [-0.3, -0.25) is 0 Å². The highest BCUT2D eigenvalue weighted by atomic mass is 16.5. The highest BCUT2D eigenvalue weighted by Gasteiger charge is 2.10. The normalized spacial score (nSPS) is 13.9. The molecule has 0 fully saturated rings. The number of ether oxygens (including phenoxy) is 3. The first-order valence-electron chi connectivity index (χ1n) is 6.40. The monoisotopic (exact) mass is 269 g/mol. The molecule has 0 radical (unpaired) electrons. The van der Waals surface area contributed by atoms with Gasteiger partial charge >= 0.3 is 0 Å². The fourth-order valence-electron chi connectivity index (χ4n) is 1.57. The molecular weight excluding hydrogens is 246 g/mol. The smallest absolute Gasteiger partial charge is 0.161 e. The molecule has 0 aliphatic rings. The van der Waals surface area contributed by atoms with E-state index in [0.29, 0.717) is 18.1 Å². The predicted molar refractivity (Wildman–Crippen MR) is 73.6 cm³/mol. The summed E-state index contributed by atoms with van der Waals surface area (Å²) in [7, 11) is 1.57. The molecule has 5 heteroatoms. The van der Waals surface area contributed by atoms with Gasteiger partial charge in [0.2, 0.25) is 0 Å². The number of aliphatic hydroxyl groups is 1. The maximum atomic E-state index is 9.64. The third-order valence-corrected chi connectivity index (χ3v) is 2.66. The minimum atomic E-state index is -0.655. The van der Waals surface area contributed by atoms with Gasteiger partial charge in [0.1, 0.15) is 12.7 Å².